The fourth-order valence-corrected chi connectivity index (χ4v) is 3.86. The lowest BCUT2D eigenvalue weighted by atomic mass is 9.95. The first-order chi connectivity index (χ1) is 11.9. The number of aliphatic hydroxyl groups excluding tert-OH is 1. The molecule has 2 heterocycles. The first-order valence-corrected chi connectivity index (χ1v) is 8.75. The second-order valence-corrected chi connectivity index (χ2v) is 6.93. The number of ether oxygens (including phenoxy) is 1. The molecule has 136 valence electrons. The van der Waals surface area contributed by atoms with E-state index in [1.165, 1.54) is 0 Å². The fourth-order valence-electron chi connectivity index (χ4n) is 3.86. The van der Waals surface area contributed by atoms with Crippen molar-refractivity contribution in [1.82, 2.24) is 9.47 Å². The van der Waals surface area contributed by atoms with Crippen molar-refractivity contribution < 1.29 is 14.6 Å². The van der Waals surface area contributed by atoms with Gasteiger partial charge in [-0.15, -0.1) is 0 Å². The number of aliphatic hydroxyl groups is 1. The average Bonchev–Trinajstić information content (AvgIpc) is 2.85. The maximum atomic E-state index is 11.3. The van der Waals surface area contributed by atoms with Crippen LogP contribution in [0.1, 0.15) is 30.2 Å². The molecular formula is C19H27N3O3. The second-order valence-electron chi connectivity index (χ2n) is 6.93. The minimum atomic E-state index is -0.582. The van der Waals surface area contributed by atoms with Crippen LogP contribution in [0, 0.1) is 12.8 Å². The molecule has 1 saturated heterocycles. The van der Waals surface area contributed by atoms with Crippen LogP contribution in [0.5, 0.6) is 5.75 Å². The zero-order chi connectivity index (χ0) is 18.1. The van der Waals surface area contributed by atoms with E-state index >= 15 is 0 Å². The number of nitrogens with zero attached hydrogens (tertiary/aromatic N) is 2. The van der Waals surface area contributed by atoms with E-state index in [1.54, 1.807) is 7.11 Å². The van der Waals surface area contributed by atoms with Crippen LogP contribution >= 0.6 is 0 Å². The molecule has 0 saturated carbocycles. The van der Waals surface area contributed by atoms with Crippen LogP contribution in [0.25, 0.3) is 10.9 Å². The number of rotatable bonds is 5. The number of nitrogens with two attached hydrogens (primary N) is 1. The number of aryl methyl sites for hydroxylation is 1. The summed E-state index contributed by atoms with van der Waals surface area (Å²) in [5, 5.41) is 11.9. The van der Waals surface area contributed by atoms with E-state index in [2.05, 4.69) is 9.47 Å². The minimum Gasteiger partial charge on any atom is -0.497 e. The predicted octanol–water partition coefficient (Wildman–Crippen LogP) is 1.73. The van der Waals surface area contributed by atoms with Gasteiger partial charge in [0.1, 0.15) is 5.75 Å². The van der Waals surface area contributed by atoms with Gasteiger partial charge in [-0.05, 0) is 51.1 Å². The van der Waals surface area contributed by atoms with Crippen LogP contribution in [0.15, 0.2) is 18.2 Å². The molecule has 0 bridgehead atoms. The van der Waals surface area contributed by atoms with Gasteiger partial charge in [-0.3, -0.25) is 4.79 Å². The summed E-state index contributed by atoms with van der Waals surface area (Å²) in [6.07, 6.45) is 0.954. The largest absolute Gasteiger partial charge is 0.497 e. The molecule has 3 N–H and O–H groups in total. The van der Waals surface area contributed by atoms with E-state index in [9.17, 15) is 9.90 Å². The van der Waals surface area contributed by atoms with Crippen LogP contribution in [0.4, 0.5) is 0 Å². The Bertz CT molecular complexity index is 776. The summed E-state index contributed by atoms with van der Waals surface area (Å²) < 4.78 is 7.45. The third kappa shape index (κ3) is 3.37. The van der Waals surface area contributed by atoms with Gasteiger partial charge in [-0.2, -0.15) is 0 Å². The van der Waals surface area contributed by atoms with Gasteiger partial charge in [-0.1, -0.05) is 0 Å². The Labute approximate surface area is 148 Å². The normalized spacial score (nSPS) is 17.8. The molecule has 1 aliphatic rings. The number of β-amino-alcohol motifs (C(OH)–C–C–N with tert-alkyl or cyclic N) is 1. The second kappa shape index (κ2) is 7.06. The van der Waals surface area contributed by atoms with Crippen molar-refractivity contribution in [2.24, 2.45) is 18.7 Å². The number of carbonyl (C=O) groups is 1. The number of benzene rings is 1. The Morgan fingerprint density at radius 2 is 2.08 bits per heavy atom. The summed E-state index contributed by atoms with van der Waals surface area (Å²) in [6.45, 7) is 4.17. The predicted molar refractivity (Wildman–Crippen MR) is 97.5 cm³/mol. The van der Waals surface area contributed by atoms with E-state index in [4.69, 9.17) is 10.5 Å². The quantitative estimate of drug-likeness (QED) is 0.865. The van der Waals surface area contributed by atoms with Crippen molar-refractivity contribution in [3.63, 3.8) is 0 Å². The molecule has 6 nitrogen and oxygen atoms in total. The number of aromatic nitrogens is 1. The molecule has 0 radical (unpaired) electrons. The molecule has 1 aromatic carbocycles. The topological polar surface area (TPSA) is 80.7 Å². The Balaban J connectivity index is 1.81. The maximum Gasteiger partial charge on any atom is 0.220 e. The summed E-state index contributed by atoms with van der Waals surface area (Å²) >= 11 is 0. The van der Waals surface area contributed by atoms with E-state index in [1.807, 2.05) is 32.2 Å². The lowest BCUT2D eigenvalue weighted by molar-refractivity contribution is -0.123. The monoisotopic (exact) mass is 345 g/mol. The van der Waals surface area contributed by atoms with Crippen LogP contribution in [0.3, 0.4) is 0 Å². The van der Waals surface area contributed by atoms with E-state index < -0.39 is 6.10 Å². The van der Waals surface area contributed by atoms with Crippen molar-refractivity contribution in [1.29, 1.82) is 0 Å². The van der Waals surface area contributed by atoms with Crippen LogP contribution in [-0.4, -0.2) is 47.2 Å². The zero-order valence-electron chi connectivity index (χ0n) is 15.2. The van der Waals surface area contributed by atoms with Crippen molar-refractivity contribution in [2.45, 2.75) is 25.9 Å². The lowest BCUT2D eigenvalue weighted by Crippen LogP contribution is -2.40. The van der Waals surface area contributed by atoms with Gasteiger partial charge in [0.05, 0.1) is 13.2 Å². The number of likely N-dealkylation sites (tertiary alicyclic amines) is 1. The number of methoxy groups -OCH3 is 1. The number of amides is 1. The molecule has 1 fully saturated rings. The lowest BCUT2D eigenvalue weighted by Gasteiger charge is -2.32. The number of carbonyl (C=O) groups excluding carboxylic acids is 1. The van der Waals surface area contributed by atoms with E-state index in [-0.39, 0.29) is 11.8 Å². The molecule has 3 rings (SSSR count). The molecule has 0 unspecified atom stereocenters. The molecule has 0 aliphatic carbocycles. The molecular weight excluding hydrogens is 318 g/mol. The Morgan fingerprint density at radius 3 is 2.68 bits per heavy atom. The van der Waals surface area contributed by atoms with Gasteiger partial charge in [-0.25, -0.2) is 0 Å². The Hall–Kier alpha value is -2.05. The highest BCUT2D eigenvalue weighted by Crippen LogP contribution is 2.33. The van der Waals surface area contributed by atoms with Gasteiger partial charge in [0.15, 0.2) is 0 Å². The first-order valence-electron chi connectivity index (χ1n) is 8.75. The van der Waals surface area contributed by atoms with Crippen molar-refractivity contribution in [2.75, 3.05) is 26.7 Å². The molecule has 1 aliphatic heterocycles. The minimum absolute atomic E-state index is 0.0306. The van der Waals surface area contributed by atoms with Gasteiger partial charge < -0.3 is 25.0 Å². The third-order valence-corrected chi connectivity index (χ3v) is 5.50. The highest BCUT2D eigenvalue weighted by atomic mass is 16.5. The summed E-state index contributed by atoms with van der Waals surface area (Å²) in [7, 11) is 3.66. The molecule has 2 aromatic rings. The summed E-state index contributed by atoms with van der Waals surface area (Å²) in [5.41, 5.74) is 8.49. The van der Waals surface area contributed by atoms with Crippen molar-refractivity contribution >= 4 is 16.8 Å². The SMILES string of the molecule is COc1ccc2c(c1)c([C@H](O)CN1CCC(C(N)=O)CC1)c(C)n2C. The highest BCUT2D eigenvalue weighted by molar-refractivity contribution is 5.87. The summed E-state index contributed by atoms with van der Waals surface area (Å²) in [5.74, 6) is 0.544. The van der Waals surface area contributed by atoms with Gasteiger partial charge in [0.25, 0.3) is 0 Å². The zero-order valence-corrected chi connectivity index (χ0v) is 15.2. The first kappa shape index (κ1) is 17.8. The number of hydrogen-bond donors (Lipinski definition) is 2. The molecule has 1 aromatic heterocycles. The standard InChI is InChI=1S/C19H27N3O3/c1-12-18(15-10-14(25-3)4-5-16(15)21(12)2)17(23)11-22-8-6-13(7-9-22)19(20)24/h4-5,10,13,17,23H,6-9,11H2,1-3H3,(H2,20,24)/t17-/m1/s1. The van der Waals surface area contributed by atoms with Crippen LogP contribution < -0.4 is 10.5 Å². The van der Waals surface area contributed by atoms with Crippen LogP contribution in [0.2, 0.25) is 0 Å². The maximum absolute atomic E-state index is 11.3. The van der Waals surface area contributed by atoms with Crippen molar-refractivity contribution in [3.8, 4) is 5.75 Å². The van der Waals surface area contributed by atoms with E-state index in [0.29, 0.717) is 6.54 Å². The van der Waals surface area contributed by atoms with Crippen LogP contribution in [-0.2, 0) is 11.8 Å². The number of fused-ring (bicyclic) bond motifs is 1. The van der Waals surface area contributed by atoms with Gasteiger partial charge in [0, 0.05) is 41.7 Å². The smallest absolute Gasteiger partial charge is 0.220 e. The van der Waals surface area contributed by atoms with Gasteiger partial charge >= 0.3 is 0 Å². The van der Waals surface area contributed by atoms with Crippen molar-refractivity contribution in [3.05, 3.63) is 29.5 Å². The third-order valence-electron chi connectivity index (χ3n) is 5.50. The molecule has 1 atom stereocenters. The molecule has 1 amide bonds. The average molecular weight is 345 g/mol. The molecule has 25 heavy (non-hydrogen) atoms. The summed E-state index contributed by atoms with van der Waals surface area (Å²) in [6, 6.07) is 5.95. The molecule has 0 spiro atoms. The number of primary amides is 1. The Morgan fingerprint density at radius 1 is 1.40 bits per heavy atom. The van der Waals surface area contributed by atoms with Gasteiger partial charge in [0.2, 0.25) is 5.91 Å². The summed E-state index contributed by atoms with van der Waals surface area (Å²) in [4.78, 5) is 13.5. The highest BCUT2D eigenvalue weighted by Gasteiger charge is 2.26. The Kier molecular flexibility index (Phi) is 5.01. The number of piperidine rings is 1. The van der Waals surface area contributed by atoms with E-state index in [0.717, 1.165) is 53.8 Å². The fraction of sp³-hybridized carbons (Fsp3) is 0.526. The molecule has 6 heteroatoms. The number of hydrogen-bond acceptors (Lipinski definition) is 4.